The zero-order chi connectivity index (χ0) is 10.2. The van der Waals surface area contributed by atoms with Crippen LogP contribution in [0.3, 0.4) is 0 Å². The molecule has 0 bridgehead atoms. The molecule has 0 unspecified atom stereocenters. The molecule has 2 aromatic rings. The molecule has 76 valence electrons. The van der Waals surface area contributed by atoms with Gasteiger partial charge in [-0.25, -0.2) is 0 Å². The smallest absolute Gasteiger partial charge is 0.119 e. The van der Waals surface area contributed by atoms with Crippen LogP contribution >= 0.6 is 0 Å². The Labute approximate surface area is 82.7 Å². The average molecular weight is 194 g/mol. The van der Waals surface area contributed by atoms with Gasteiger partial charge < -0.3 is 19.3 Å². The van der Waals surface area contributed by atoms with Gasteiger partial charge in [0.25, 0.3) is 0 Å². The van der Waals surface area contributed by atoms with Crippen molar-refractivity contribution >= 4 is 0 Å². The van der Waals surface area contributed by atoms with Crippen molar-refractivity contribution in [3.8, 4) is 0 Å². The van der Waals surface area contributed by atoms with Crippen molar-refractivity contribution in [3.63, 3.8) is 0 Å². The molecule has 0 spiro atoms. The van der Waals surface area contributed by atoms with Crippen molar-refractivity contribution in [2.24, 2.45) is 0 Å². The summed E-state index contributed by atoms with van der Waals surface area (Å²) >= 11 is 0. The Morgan fingerprint density at radius 2 is 0.929 bits per heavy atom. The molecule has 0 aliphatic heterocycles. The maximum Gasteiger partial charge on any atom is 0.119 e. The lowest BCUT2D eigenvalue weighted by atomic mass is 10.7. The predicted molar refractivity (Wildman–Crippen MR) is 53.3 cm³/mol. The summed E-state index contributed by atoms with van der Waals surface area (Å²) in [5.41, 5.74) is 0. The standard InChI is InChI=1S/2C5H7NO/c2*7-5-6-3-1-2-4-6/h2*1-4,7H,5H2. The van der Waals surface area contributed by atoms with Crippen molar-refractivity contribution in [1.82, 2.24) is 9.13 Å². The molecule has 0 saturated carbocycles. The number of nitrogens with zero attached hydrogens (tertiary/aromatic N) is 2. The fourth-order valence-electron chi connectivity index (χ4n) is 0.929. The van der Waals surface area contributed by atoms with Crippen molar-refractivity contribution in [1.29, 1.82) is 0 Å². The Morgan fingerprint density at radius 3 is 1.07 bits per heavy atom. The Bertz CT molecular complexity index is 280. The molecule has 4 nitrogen and oxygen atoms in total. The number of hydrogen-bond donors (Lipinski definition) is 2. The van der Waals surface area contributed by atoms with Gasteiger partial charge in [-0.2, -0.15) is 0 Å². The van der Waals surface area contributed by atoms with Crippen molar-refractivity contribution in [2.75, 3.05) is 0 Å². The highest BCUT2D eigenvalue weighted by atomic mass is 16.3. The fraction of sp³-hybridized carbons (Fsp3) is 0.200. The van der Waals surface area contributed by atoms with E-state index >= 15 is 0 Å². The third-order valence-corrected chi connectivity index (χ3v) is 1.66. The van der Waals surface area contributed by atoms with E-state index in [1.165, 1.54) is 0 Å². The number of aliphatic hydroxyl groups is 2. The maximum absolute atomic E-state index is 8.39. The van der Waals surface area contributed by atoms with Gasteiger partial charge in [0.05, 0.1) is 0 Å². The molecule has 2 rings (SSSR count). The number of hydrogen-bond acceptors (Lipinski definition) is 2. The Hall–Kier alpha value is -1.52. The fourth-order valence-corrected chi connectivity index (χ4v) is 0.929. The van der Waals surface area contributed by atoms with E-state index in [0.717, 1.165) is 0 Å². The zero-order valence-electron chi connectivity index (χ0n) is 7.82. The van der Waals surface area contributed by atoms with E-state index in [0.29, 0.717) is 0 Å². The Kier molecular flexibility index (Phi) is 4.54. The first-order valence-corrected chi connectivity index (χ1v) is 4.30. The molecule has 0 radical (unpaired) electrons. The molecule has 0 amide bonds. The molecule has 0 saturated heterocycles. The molecule has 0 aliphatic rings. The van der Waals surface area contributed by atoms with Gasteiger partial charge in [-0.1, -0.05) is 0 Å². The van der Waals surface area contributed by atoms with Crippen LogP contribution in [-0.4, -0.2) is 19.3 Å². The van der Waals surface area contributed by atoms with Crippen LogP contribution in [0, 0.1) is 0 Å². The monoisotopic (exact) mass is 194 g/mol. The van der Waals surface area contributed by atoms with Gasteiger partial charge in [-0.05, 0) is 24.3 Å². The topological polar surface area (TPSA) is 50.3 Å². The minimum atomic E-state index is 0.0764. The van der Waals surface area contributed by atoms with Crippen LogP contribution in [0.15, 0.2) is 49.1 Å². The first-order chi connectivity index (χ1) is 6.86. The van der Waals surface area contributed by atoms with Crippen LogP contribution in [0.25, 0.3) is 0 Å². The lowest BCUT2D eigenvalue weighted by molar-refractivity contribution is 0.210. The Morgan fingerprint density at radius 1 is 0.643 bits per heavy atom. The highest BCUT2D eigenvalue weighted by molar-refractivity contribution is 4.89. The summed E-state index contributed by atoms with van der Waals surface area (Å²) < 4.78 is 3.36. The predicted octanol–water partition coefficient (Wildman–Crippen LogP) is 0.876. The first-order valence-electron chi connectivity index (χ1n) is 4.30. The van der Waals surface area contributed by atoms with Gasteiger partial charge in [-0.3, -0.25) is 0 Å². The van der Waals surface area contributed by atoms with E-state index in [1.54, 1.807) is 33.9 Å². The largest absolute Gasteiger partial charge is 0.376 e. The summed E-state index contributed by atoms with van der Waals surface area (Å²) in [6.07, 6.45) is 7.22. The summed E-state index contributed by atoms with van der Waals surface area (Å²) in [7, 11) is 0. The molecule has 0 aliphatic carbocycles. The normalized spacial score (nSPS) is 9.29. The number of aromatic nitrogens is 2. The second kappa shape index (κ2) is 6.01. The van der Waals surface area contributed by atoms with Crippen LogP contribution in [0.5, 0.6) is 0 Å². The summed E-state index contributed by atoms with van der Waals surface area (Å²) in [6.45, 7) is 0.153. The van der Waals surface area contributed by atoms with E-state index in [1.807, 2.05) is 24.3 Å². The highest BCUT2D eigenvalue weighted by Crippen LogP contribution is 1.85. The van der Waals surface area contributed by atoms with Gasteiger partial charge in [0, 0.05) is 24.8 Å². The maximum atomic E-state index is 8.39. The van der Waals surface area contributed by atoms with Crippen LogP contribution < -0.4 is 0 Å². The summed E-state index contributed by atoms with van der Waals surface area (Å²) in [4.78, 5) is 0. The second-order valence-corrected chi connectivity index (χ2v) is 2.68. The van der Waals surface area contributed by atoms with E-state index < -0.39 is 0 Å². The molecule has 14 heavy (non-hydrogen) atoms. The molecule has 2 N–H and O–H groups in total. The minimum Gasteiger partial charge on any atom is -0.376 e. The summed E-state index contributed by atoms with van der Waals surface area (Å²) in [6, 6.07) is 7.48. The van der Waals surface area contributed by atoms with Gasteiger partial charge in [0.2, 0.25) is 0 Å². The van der Waals surface area contributed by atoms with Gasteiger partial charge in [0.15, 0.2) is 0 Å². The van der Waals surface area contributed by atoms with Crippen LogP contribution in [-0.2, 0) is 13.5 Å². The molecule has 0 fully saturated rings. The minimum absolute atomic E-state index is 0.0764. The molecular weight excluding hydrogens is 180 g/mol. The zero-order valence-corrected chi connectivity index (χ0v) is 7.82. The second-order valence-electron chi connectivity index (χ2n) is 2.68. The van der Waals surface area contributed by atoms with E-state index in [2.05, 4.69) is 0 Å². The molecule has 2 aromatic heterocycles. The first kappa shape index (κ1) is 10.6. The van der Waals surface area contributed by atoms with E-state index in [4.69, 9.17) is 10.2 Å². The molecule has 0 atom stereocenters. The summed E-state index contributed by atoms with van der Waals surface area (Å²) in [5.74, 6) is 0. The van der Waals surface area contributed by atoms with Crippen LogP contribution in [0.2, 0.25) is 0 Å². The lowest BCUT2D eigenvalue weighted by Crippen LogP contribution is -1.89. The third kappa shape index (κ3) is 3.47. The average Bonchev–Trinajstić information content (AvgIpc) is 2.92. The number of aliphatic hydroxyl groups excluding tert-OH is 2. The van der Waals surface area contributed by atoms with Crippen LogP contribution in [0.4, 0.5) is 0 Å². The number of rotatable bonds is 2. The SMILES string of the molecule is OCn1cccc1.OCn1cccc1. The van der Waals surface area contributed by atoms with E-state index in [9.17, 15) is 0 Å². The third-order valence-electron chi connectivity index (χ3n) is 1.66. The Balaban J connectivity index is 0.000000140. The molecule has 2 heterocycles. The highest BCUT2D eigenvalue weighted by Gasteiger charge is 1.77. The molecule has 4 heteroatoms. The van der Waals surface area contributed by atoms with Crippen LogP contribution in [0.1, 0.15) is 0 Å². The van der Waals surface area contributed by atoms with Crippen molar-refractivity contribution in [3.05, 3.63) is 49.1 Å². The van der Waals surface area contributed by atoms with Gasteiger partial charge in [0.1, 0.15) is 13.5 Å². The van der Waals surface area contributed by atoms with Gasteiger partial charge in [-0.15, -0.1) is 0 Å². The van der Waals surface area contributed by atoms with Crippen molar-refractivity contribution < 1.29 is 10.2 Å². The quantitative estimate of drug-likeness (QED) is 0.745. The van der Waals surface area contributed by atoms with Gasteiger partial charge >= 0.3 is 0 Å². The molecular formula is C10H14N2O2. The molecule has 0 aromatic carbocycles. The van der Waals surface area contributed by atoms with E-state index in [-0.39, 0.29) is 13.5 Å². The summed E-state index contributed by atoms with van der Waals surface area (Å²) in [5, 5.41) is 16.8. The van der Waals surface area contributed by atoms with Crippen molar-refractivity contribution in [2.45, 2.75) is 13.5 Å². The lowest BCUT2D eigenvalue weighted by Gasteiger charge is -1.89.